The summed E-state index contributed by atoms with van der Waals surface area (Å²) in [5, 5.41) is 10.9. The van der Waals surface area contributed by atoms with Crippen LogP contribution >= 0.6 is 23.2 Å². The van der Waals surface area contributed by atoms with E-state index in [4.69, 9.17) is 23.2 Å². The van der Waals surface area contributed by atoms with E-state index in [2.05, 4.69) is 4.98 Å². The van der Waals surface area contributed by atoms with Gasteiger partial charge in [0.15, 0.2) is 0 Å². The number of nitrogens with one attached hydrogen (secondary N) is 1. The van der Waals surface area contributed by atoms with Crippen LogP contribution in [0.25, 0.3) is 22.2 Å². The van der Waals surface area contributed by atoms with Gasteiger partial charge in [-0.25, -0.2) is 4.39 Å². The van der Waals surface area contributed by atoms with Crippen molar-refractivity contribution in [2.75, 3.05) is 0 Å². The molecule has 1 unspecified atom stereocenters. The van der Waals surface area contributed by atoms with Crippen molar-refractivity contribution in [2.45, 2.75) is 19.3 Å². The van der Waals surface area contributed by atoms with Crippen molar-refractivity contribution >= 4 is 40.1 Å². The van der Waals surface area contributed by atoms with E-state index < -0.39 is 17.7 Å². The van der Waals surface area contributed by atoms with E-state index in [9.17, 15) is 14.3 Å². The van der Waals surface area contributed by atoms with Gasteiger partial charge in [-0.15, -0.1) is 0 Å². The number of hydrogen-bond donors (Lipinski definition) is 2. The molecule has 1 heterocycles. The molecule has 2 N–H and O–H groups in total. The fourth-order valence-electron chi connectivity index (χ4n) is 2.93. The maximum absolute atomic E-state index is 13.9. The number of H-pyrrole nitrogens is 1. The third-order valence-electron chi connectivity index (χ3n) is 4.06. The predicted molar refractivity (Wildman–Crippen MR) is 94.4 cm³/mol. The molecule has 3 rings (SSSR count). The first-order valence-electron chi connectivity index (χ1n) is 7.41. The van der Waals surface area contributed by atoms with E-state index in [1.54, 1.807) is 31.2 Å². The van der Waals surface area contributed by atoms with E-state index in [1.165, 1.54) is 12.1 Å². The molecule has 0 aliphatic heterocycles. The zero-order valence-electron chi connectivity index (χ0n) is 12.7. The smallest absolute Gasteiger partial charge is 0.311 e. The Bertz CT molecular complexity index is 936. The standard InChI is InChI=1S/C18H14Cl2FNO2/c1-2-11(18(23)24)16-12-8-10(19)4-6-15(12)22-17(16)9-3-5-13(20)14(21)7-9/h3-8,11,22H,2H2,1H3,(H,23,24). The summed E-state index contributed by atoms with van der Waals surface area (Å²) in [5.74, 6) is -2.22. The first-order valence-corrected chi connectivity index (χ1v) is 8.17. The van der Waals surface area contributed by atoms with Crippen LogP contribution in [-0.4, -0.2) is 16.1 Å². The van der Waals surface area contributed by atoms with Gasteiger partial charge in [-0.2, -0.15) is 0 Å². The van der Waals surface area contributed by atoms with Gasteiger partial charge in [0.25, 0.3) is 0 Å². The minimum absolute atomic E-state index is 0.0183. The highest BCUT2D eigenvalue weighted by Gasteiger charge is 2.26. The number of benzene rings is 2. The predicted octanol–water partition coefficient (Wildman–Crippen LogP) is 5.86. The number of aromatic nitrogens is 1. The minimum atomic E-state index is -0.936. The summed E-state index contributed by atoms with van der Waals surface area (Å²) in [6.45, 7) is 1.80. The summed E-state index contributed by atoms with van der Waals surface area (Å²) < 4.78 is 13.9. The second kappa shape index (κ2) is 6.46. The van der Waals surface area contributed by atoms with E-state index in [0.717, 1.165) is 10.9 Å². The average Bonchev–Trinajstić information content (AvgIpc) is 2.89. The highest BCUT2D eigenvalue weighted by molar-refractivity contribution is 6.31. The Hall–Kier alpha value is -2.04. The molecule has 1 atom stereocenters. The van der Waals surface area contributed by atoms with Crippen LogP contribution in [0.1, 0.15) is 24.8 Å². The lowest BCUT2D eigenvalue weighted by Gasteiger charge is -2.13. The average molecular weight is 366 g/mol. The minimum Gasteiger partial charge on any atom is -0.481 e. The second-order valence-corrected chi connectivity index (χ2v) is 6.38. The lowest BCUT2D eigenvalue weighted by Crippen LogP contribution is -2.11. The molecule has 0 aliphatic carbocycles. The number of carboxylic acids is 1. The van der Waals surface area contributed by atoms with Gasteiger partial charge in [0, 0.05) is 21.5 Å². The normalized spacial score (nSPS) is 12.5. The van der Waals surface area contributed by atoms with Crippen molar-refractivity contribution in [3.8, 4) is 11.3 Å². The largest absolute Gasteiger partial charge is 0.481 e. The van der Waals surface area contributed by atoms with Crippen molar-refractivity contribution < 1.29 is 14.3 Å². The summed E-state index contributed by atoms with van der Waals surface area (Å²) in [6.07, 6.45) is 0.401. The molecule has 1 aromatic heterocycles. The van der Waals surface area contributed by atoms with Crippen LogP contribution < -0.4 is 0 Å². The van der Waals surface area contributed by atoms with E-state index in [-0.39, 0.29) is 5.02 Å². The Morgan fingerprint density at radius 2 is 2.00 bits per heavy atom. The van der Waals surface area contributed by atoms with E-state index in [1.807, 2.05) is 0 Å². The quantitative estimate of drug-likeness (QED) is 0.608. The molecule has 0 aliphatic rings. The molecular weight excluding hydrogens is 352 g/mol. The highest BCUT2D eigenvalue weighted by Crippen LogP contribution is 2.39. The fourth-order valence-corrected chi connectivity index (χ4v) is 3.22. The van der Waals surface area contributed by atoms with Gasteiger partial charge in [0.05, 0.1) is 16.6 Å². The number of fused-ring (bicyclic) bond motifs is 1. The van der Waals surface area contributed by atoms with E-state index in [0.29, 0.717) is 28.3 Å². The molecule has 0 spiro atoms. The number of carbonyl (C=O) groups is 1. The first kappa shape index (κ1) is 16.8. The molecule has 3 nitrogen and oxygen atoms in total. The molecule has 0 amide bonds. The van der Waals surface area contributed by atoms with Crippen molar-refractivity contribution in [1.82, 2.24) is 4.98 Å². The van der Waals surface area contributed by atoms with Crippen LogP contribution in [0.5, 0.6) is 0 Å². The number of aliphatic carboxylic acids is 1. The summed E-state index contributed by atoms with van der Waals surface area (Å²) in [6, 6.07) is 9.65. The zero-order valence-corrected chi connectivity index (χ0v) is 14.2. The number of aromatic amines is 1. The van der Waals surface area contributed by atoms with Crippen LogP contribution in [0.3, 0.4) is 0 Å². The SMILES string of the molecule is CCC(C(=O)O)c1c(-c2ccc(Cl)c(F)c2)[nH]c2ccc(Cl)cc12. The summed E-state index contributed by atoms with van der Waals surface area (Å²) >= 11 is 11.8. The van der Waals surface area contributed by atoms with Gasteiger partial charge in [0.2, 0.25) is 0 Å². The van der Waals surface area contributed by atoms with Crippen molar-refractivity contribution in [1.29, 1.82) is 0 Å². The number of carboxylic acid groups (broad SMARTS) is 1. The van der Waals surface area contributed by atoms with Gasteiger partial charge in [0.1, 0.15) is 5.82 Å². The summed E-state index contributed by atoms with van der Waals surface area (Å²) in [4.78, 5) is 14.9. The van der Waals surface area contributed by atoms with Crippen molar-refractivity contribution in [3.05, 3.63) is 57.8 Å². The summed E-state index contributed by atoms with van der Waals surface area (Å²) in [5.41, 5.74) is 2.46. The molecular formula is C18H14Cl2FNO2. The molecule has 2 aromatic carbocycles. The second-order valence-electron chi connectivity index (χ2n) is 5.53. The molecule has 24 heavy (non-hydrogen) atoms. The molecule has 0 saturated carbocycles. The molecule has 6 heteroatoms. The van der Waals surface area contributed by atoms with Gasteiger partial charge < -0.3 is 10.1 Å². The van der Waals surface area contributed by atoms with Crippen molar-refractivity contribution in [3.63, 3.8) is 0 Å². The number of halogens is 3. The lowest BCUT2D eigenvalue weighted by molar-refractivity contribution is -0.138. The summed E-state index contributed by atoms with van der Waals surface area (Å²) in [7, 11) is 0. The zero-order chi connectivity index (χ0) is 17.4. The lowest BCUT2D eigenvalue weighted by atomic mass is 9.91. The maximum atomic E-state index is 13.9. The van der Waals surface area contributed by atoms with Crippen LogP contribution in [0.15, 0.2) is 36.4 Å². The van der Waals surface area contributed by atoms with Gasteiger partial charge in [-0.05, 0) is 42.3 Å². The van der Waals surface area contributed by atoms with E-state index >= 15 is 0 Å². The Kier molecular flexibility index (Phi) is 4.52. The van der Waals surface area contributed by atoms with Crippen LogP contribution in [-0.2, 0) is 4.79 Å². The Labute approximate surface area is 148 Å². The van der Waals surface area contributed by atoms with Crippen LogP contribution in [0, 0.1) is 5.82 Å². The molecule has 124 valence electrons. The molecule has 0 saturated heterocycles. The molecule has 0 radical (unpaired) electrons. The Morgan fingerprint density at radius 3 is 2.62 bits per heavy atom. The third-order valence-corrected chi connectivity index (χ3v) is 4.61. The molecule has 0 bridgehead atoms. The monoisotopic (exact) mass is 365 g/mol. The number of rotatable bonds is 4. The topological polar surface area (TPSA) is 53.1 Å². The number of hydrogen-bond acceptors (Lipinski definition) is 1. The highest BCUT2D eigenvalue weighted by atomic mass is 35.5. The molecule has 0 fully saturated rings. The maximum Gasteiger partial charge on any atom is 0.311 e. The van der Waals surface area contributed by atoms with Gasteiger partial charge in [-0.3, -0.25) is 4.79 Å². The molecule has 3 aromatic rings. The Morgan fingerprint density at radius 1 is 1.25 bits per heavy atom. The third kappa shape index (κ3) is 2.87. The van der Waals surface area contributed by atoms with Crippen molar-refractivity contribution in [2.24, 2.45) is 0 Å². The van der Waals surface area contributed by atoms with Gasteiger partial charge in [-0.1, -0.05) is 36.2 Å². The fraction of sp³-hybridized carbons (Fsp3) is 0.167. The van der Waals surface area contributed by atoms with Gasteiger partial charge >= 0.3 is 5.97 Å². The Balaban J connectivity index is 2.33. The first-order chi connectivity index (χ1) is 11.4. The van der Waals surface area contributed by atoms with Crippen LogP contribution in [0.2, 0.25) is 10.0 Å². The van der Waals surface area contributed by atoms with Crippen LogP contribution in [0.4, 0.5) is 4.39 Å².